The van der Waals surface area contributed by atoms with Gasteiger partial charge in [0.05, 0.1) is 11.5 Å². The molecule has 1 fully saturated rings. The molecule has 0 bridgehead atoms. The minimum atomic E-state index is -0.416. The Morgan fingerprint density at radius 3 is 2.83 bits per heavy atom. The van der Waals surface area contributed by atoms with Crippen LogP contribution in [0.1, 0.15) is 30.1 Å². The van der Waals surface area contributed by atoms with Crippen molar-refractivity contribution in [1.29, 1.82) is 0 Å². The Balaban J connectivity index is 1.43. The SMILES string of the molecule is CC1CCCN(c2ccc(C(=O)NCC3COc4ccccc4O3)cc2[N+](=O)[O-])C1. The lowest BCUT2D eigenvalue weighted by atomic mass is 9.99. The van der Waals surface area contributed by atoms with Crippen LogP contribution in [0.25, 0.3) is 0 Å². The molecule has 2 aromatic rings. The number of ether oxygens (including phenoxy) is 2. The van der Waals surface area contributed by atoms with Gasteiger partial charge in [0.2, 0.25) is 0 Å². The van der Waals surface area contributed by atoms with Crippen LogP contribution in [0.2, 0.25) is 0 Å². The van der Waals surface area contributed by atoms with Gasteiger partial charge in [-0.1, -0.05) is 19.1 Å². The Labute approximate surface area is 174 Å². The lowest BCUT2D eigenvalue weighted by Crippen LogP contribution is -2.40. The molecule has 2 unspecified atom stereocenters. The summed E-state index contributed by atoms with van der Waals surface area (Å²) in [4.78, 5) is 25.9. The van der Waals surface area contributed by atoms with E-state index in [1.165, 1.54) is 6.07 Å². The molecule has 2 aromatic carbocycles. The maximum atomic E-state index is 12.6. The van der Waals surface area contributed by atoms with Crippen LogP contribution in [0.3, 0.4) is 0 Å². The third kappa shape index (κ3) is 4.32. The van der Waals surface area contributed by atoms with Crippen molar-refractivity contribution in [3.63, 3.8) is 0 Å². The number of carbonyl (C=O) groups excluding carboxylic acids is 1. The molecule has 2 aliphatic heterocycles. The fourth-order valence-electron chi connectivity index (χ4n) is 3.96. The standard InChI is InChI=1S/C22H25N3O5/c1-15-5-4-10-24(13-15)18-9-8-16(11-19(18)25(27)28)22(26)23-12-17-14-29-20-6-2-3-7-21(20)30-17/h2-3,6-9,11,15,17H,4-5,10,12-14H2,1H3,(H,23,26). The molecule has 2 atom stereocenters. The van der Waals surface area contributed by atoms with E-state index in [0.717, 1.165) is 25.9 Å². The molecular formula is C22H25N3O5. The molecule has 0 saturated carbocycles. The third-order valence-corrected chi connectivity index (χ3v) is 5.49. The highest BCUT2D eigenvalue weighted by Crippen LogP contribution is 2.33. The zero-order valence-corrected chi connectivity index (χ0v) is 16.9. The molecule has 2 aliphatic rings. The van der Waals surface area contributed by atoms with Gasteiger partial charge in [0.25, 0.3) is 11.6 Å². The molecule has 0 aliphatic carbocycles. The van der Waals surface area contributed by atoms with Gasteiger partial charge in [0.1, 0.15) is 18.4 Å². The number of para-hydroxylation sites is 2. The predicted octanol–water partition coefficient (Wildman–Crippen LogP) is 3.40. The van der Waals surface area contributed by atoms with Crippen molar-refractivity contribution in [2.24, 2.45) is 5.92 Å². The predicted molar refractivity (Wildman–Crippen MR) is 112 cm³/mol. The van der Waals surface area contributed by atoms with E-state index in [1.807, 2.05) is 29.2 Å². The Bertz CT molecular complexity index is 948. The first-order chi connectivity index (χ1) is 14.5. The number of anilines is 1. The van der Waals surface area contributed by atoms with Gasteiger partial charge >= 0.3 is 0 Å². The normalized spacial score (nSPS) is 20.5. The number of piperidine rings is 1. The van der Waals surface area contributed by atoms with Gasteiger partial charge in [-0.25, -0.2) is 0 Å². The fraction of sp³-hybridized carbons (Fsp3) is 0.409. The first kappa shape index (κ1) is 20.0. The van der Waals surface area contributed by atoms with Crippen LogP contribution < -0.4 is 19.7 Å². The van der Waals surface area contributed by atoms with E-state index in [1.54, 1.807) is 12.1 Å². The van der Waals surface area contributed by atoms with Gasteiger partial charge in [-0.2, -0.15) is 0 Å². The molecular weight excluding hydrogens is 386 g/mol. The van der Waals surface area contributed by atoms with Crippen molar-refractivity contribution in [2.45, 2.75) is 25.9 Å². The summed E-state index contributed by atoms with van der Waals surface area (Å²) < 4.78 is 11.5. The Morgan fingerprint density at radius 1 is 1.27 bits per heavy atom. The highest BCUT2D eigenvalue weighted by molar-refractivity contribution is 5.95. The zero-order valence-electron chi connectivity index (χ0n) is 16.9. The summed E-state index contributed by atoms with van der Waals surface area (Å²) in [5, 5.41) is 14.4. The largest absolute Gasteiger partial charge is 0.486 e. The van der Waals surface area contributed by atoms with E-state index < -0.39 is 4.92 Å². The Morgan fingerprint density at radius 2 is 2.07 bits per heavy atom. The monoisotopic (exact) mass is 411 g/mol. The maximum absolute atomic E-state index is 12.6. The Hall–Kier alpha value is -3.29. The molecule has 1 amide bonds. The maximum Gasteiger partial charge on any atom is 0.293 e. The summed E-state index contributed by atoms with van der Waals surface area (Å²) in [6.07, 6.45) is 1.81. The number of nitrogens with one attached hydrogen (secondary N) is 1. The first-order valence-corrected chi connectivity index (χ1v) is 10.2. The van der Waals surface area contributed by atoms with E-state index in [4.69, 9.17) is 9.47 Å². The third-order valence-electron chi connectivity index (χ3n) is 5.49. The van der Waals surface area contributed by atoms with Crippen LogP contribution in [0.4, 0.5) is 11.4 Å². The molecule has 0 aromatic heterocycles. The first-order valence-electron chi connectivity index (χ1n) is 10.2. The van der Waals surface area contributed by atoms with Crippen molar-refractivity contribution in [2.75, 3.05) is 31.1 Å². The number of nitro groups is 1. The van der Waals surface area contributed by atoms with Crippen molar-refractivity contribution < 1.29 is 19.2 Å². The highest BCUT2D eigenvalue weighted by atomic mass is 16.6. The van der Waals surface area contributed by atoms with Gasteiger partial charge in [-0.15, -0.1) is 0 Å². The summed E-state index contributed by atoms with van der Waals surface area (Å²) in [6, 6.07) is 12.0. The van der Waals surface area contributed by atoms with E-state index in [2.05, 4.69) is 12.2 Å². The molecule has 8 heteroatoms. The van der Waals surface area contributed by atoms with Gasteiger partial charge in [0, 0.05) is 24.7 Å². The van der Waals surface area contributed by atoms with E-state index in [9.17, 15) is 14.9 Å². The number of benzene rings is 2. The highest BCUT2D eigenvalue weighted by Gasteiger charge is 2.26. The van der Waals surface area contributed by atoms with Crippen molar-refractivity contribution in [3.05, 3.63) is 58.1 Å². The summed E-state index contributed by atoms with van der Waals surface area (Å²) >= 11 is 0. The van der Waals surface area contributed by atoms with Gasteiger partial charge in [-0.3, -0.25) is 14.9 Å². The minimum Gasteiger partial charge on any atom is -0.486 e. The van der Waals surface area contributed by atoms with Crippen LogP contribution in [-0.4, -0.2) is 43.2 Å². The molecule has 1 N–H and O–H groups in total. The lowest BCUT2D eigenvalue weighted by Gasteiger charge is -2.32. The molecule has 8 nitrogen and oxygen atoms in total. The molecule has 0 spiro atoms. The van der Waals surface area contributed by atoms with E-state index >= 15 is 0 Å². The average molecular weight is 411 g/mol. The summed E-state index contributed by atoms with van der Waals surface area (Å²) in [6.45, 7) is 4.29. The van der Waals surface area contributed by atoms with Crippen molar-refractivity contribution in [3.8, 4) is 11.5 Å². The number of carbonyl (C=O) groups is 1. The number of hydrogen-bond acceptors (Lipinski definition) is 6. The molecule has 1 saturated heterocycles. The smallest absolute Gasteiger partial charge is 0.293 e. The molecule has 0 radical (unpaired) electrons. The average Bonchev–Trinajstić information content (AvgIpc) is 2.77. The van der Waals surface area contributed by atoms with Gasteiger partial charge < -0.3 is 19.7 Å². The summed E-state index contributed by atoms with van der Waals surface area (Å²) in [5.74, 6) is 1.43. The summed E-state index contributed by atoms with van der Waals surface area (Å²) in [7, 11) is 0. The lowest BCUT2D eigenvalue weighted by molar-refractivity contribution is -0.384. The van der Waals surface area contributed by atoms with Crippen LogP contribution >= 0.6 is 0 Å². The topological polar surface area (TPSA) is 93.9 Å². The number of hydrogen-bond donors (Lipinski definition) is 1. The number of nitro benzene ring substituents is 1. The van der Waals surface area contributed by atoms with Gasteiger partial charge in [-0.05, 0) is 43.0 Å². The second-order valence-corrected chi connectivity index (χ2v) is 7.86. The molecule has 30 heavy (non-hydrogen) atoms. The molecule has 2 heterocycles. The quantitative estimate of drug-likeness (QED) is 0.599. The fourth-order valence-corrected chi connectivity index (χ4v) is 3.96. The minimum absolute atomic E-state index is 0.0390. The van der Waals surface area contributed by atoms with E-state index in [-0.39, 0.29) is 29.8 Å². The number of fused-ring (bicyclic) bond motifs is 1. The number of rotatable bonds is 5. The van der Waals surface area contributed by atoms with Crippen LogP contribution in [0, 0.1) is 16.0 Å². The summed E-state index contributed by atoms with van der Waals surface area (Å²) in [5.41, 5.74) is 0.791. The van der Waals surface area contributed by atoms with Crippen LogP contribution in [0.5, 0.6) is 11.5 Å². The molecule has 4 rings (SSSR count). The second kappa shape index (κ2) is 8.61. The van der Waals surface area contributed by atoms with E-state index in [0.29, 0.717) is 29.7 Å². The Kier molecular flexibility index (Phi) is 5.74. The molecule has 158 valence electrons. The van der Waals surface area contributed by atoms with Crippen molar-refractivity contribution >= 4 is 17.3 Å². The van der Waals surface area contributed by atoms with Crippen LogP contribution in [-0.2, 0) is 0 Å². The van der Waals surface area contributed by atoms with Crippen molar-refractivity contribution in [1.82, 2.24) is 5.32 Å². The number of nitrogens with zero attached hydrogens (tertiary/aromatic N) is 2. The number of amides is 1. The second-order valence-electron chi connectivity index (χ2n) is 7.86. The van der Waals surface area contributed by atoms with Gasteiger partial charge in [0.15, 0.2) is 11.5 Å². The van der Waals surface area contributed by atoms with Crippen LogP contribution in [0.15, 0.2) is 42.5 Å². The zero-order chi connectivity index (χ0) is 21.1.